The first-order chi connectivity index (χ1) is 8.82. The van der Waals surface area contributed by atoms with Crippen LogP contribution in [0.4, 0.5) is 14.5 Å². The number of carbonyl (C=O) groups is 1. The zero-order valence-electron chi connectivity index (χ0n) is 10.4. The van der Waals surface area contributed by atoms with Crippen molar-refractivity contribution in [3.8, 4) is 0 Å². The lowest BCUT2D eigenvalue weighted by Crippen LogP contribution is -2.24. The number of allylic oxidation sites excluding steroid dienone is 1. The molecule has 102 valence electrons. The van der Waals surface area contributed by atoms with Crippen molar-refractivity contribution in [1.82, 2.24) is 5.32 Å². The maximum atomic E-state index is 13.5. The van der Waals surface area contributed by atoms with Crippen molar-refractivity contribution >= 4 is 11.6 Å². The van der Waals surface area contributed by atoms with Gasteiger partial charge in [0.05, 0.1) is 16.6 Å². The van der Waals surface area contributed by atoms with E-state index in [9.17, 15) is 23.7 Å². The third-order valence-electron chi connectivity index (χ3n) is 2.25. The predicted molar refractivity (Wildman–Crippen MR) is 64.8 cm³/mol. The largest absolute Gasteiger partial charge is 0.348 e. The van der Waals surface area contributed by atoms with E-state index >= 15 is 0 Å². The standard InChI is InChI=1S/C12H12F2N2O3/c1-7(2)3-4-15-12(17)8-5-10(14)11(16(18)19)6-9(8)13/h3,5-6H,4H2,1-2H3,(H,15,17). The summed E-state index contributed by atoms with van der Waals surface area (Å²) in [7, 11) is 0. The lowest BCUT2D eigenvalue weighted by atomic mass is 10.1. The van der Waals surface area contributed by atoms with Gasteiger partial charge in [0.15, 0.2) is 0 Å². The number of nitro groups is 1. The molecule has 1 aromatic carbocycles. The summed E-state index contributed by atoms with van der Waals surface area (Å²) < 4.78 is 26.8. The average Bonchev–Trinajstić information content (AvgIpc) is 2.30. The molecule has 0 saturated carbocycles. The molecule has 0 fully saturated rings. The van der Waals surface area contributed by atoms with Crippen molar-refractivity contribution in [2.45, 2.75) is 13.8 Å². The van der Waals surface area contributed by atoms with Gasteiger partial charge in [0, 0.05) is 6.54 Å². The third-order valence-corrected chi connectivity index (χ3v) is 2.25. The van der Waals surface area contributed by atoms with E-state index in [2.05, 4.69) is 5.32 Å². The molecule has 0 heterocycles. The average molecular weight is 270 g/mol. The Kier molecular flexibility index (Phi) is 4.68. The van der Waals surface area contributed by atoms with Crippen LogP contribution in [0.1, 0.15) is 24.2 Å². The van der Waals surface area contributed by atoms with Gasteiger partial charge in [0.25, 0.3) is 5.91 Å². The van der Waals surface area contributed by atoms with Crippen LogP contribution in [0.3, 0.4) is 0 Å². The highest BCUT2D eigenvalue weighted by Gasteiger charge is 2.21. The molecule has 0 bridgehead atoms. The van der Waals surface area contributed by atoms with Crippen molar-refractivity contribution in [2.24, 2.45) is 0 Å². The van der Waals surface area contributed by atoms with Gasteiger partial charge < -0.3 is 5.32 Å². The lowest BCUT2D eigenvalue weighted by Gasteiger charge is -2.04. The summed E-state index contributed by atoms with van der Waals surface area (Å²) in [6.07, 6.45) is 1.69. The van der Waals surface area contributed by atoms with Crippen LogP contribution in [-0.4, -0.2) is 17.4 Å². The Morgan fingerprint density at radius 3 is 2.53 bits per heavy atom. The van der Waals surface area contributed by atoms with E-state index in [4.69, 9.17) is 0 Å². The molecule has 1 aromatic rings. The van der Waals surface area contributed by atoms with Gasteiger partial charge in [-0.25, -0.2) is 4.39 Å². The second-order valence-electron chi connectivity index (χ2n) is 4.03. The highest BCUT2D eigenvalue weighted by atomic mass is 19.1. The van der Waals surface area contributed by atoms with Crippen molar-refractivity contribution < 1.29 is 18.5 Å². The quantitative estimate of drug-likeness (QED) is 0.519. The van der Waals surface area contributed by atoms with Crippen LogP contribution in [0.25, 0.3) is 0 Å². The van der Waals surface area contributed by atoms with Gasteiger partial charge >= 0.3 is 5.69 Å². The maximum absolute atomic E-state index is 13.5. The first-order valence-corrected chi connectivity index (χ1v) is 5.38. The normalized spacial score (nSPS) is 9.89. The van der Waals surface area contributed by atoms with Crippen molar-refractivity contribution in [3.63, 3.8) is 0 Å². The second kappa shape index (κ2) is 6.03. The molecule has 19 heavy (non-hydrogen) atoms. The molecule has 0 atom stereocenters. The molecule has 1 amide bonds. The summed E-state index contributed by atoms with van der Waals surface area (Å²) in [6.45, 7) is 3.80. The summed E-state index contributed by atoms with van der Waals surface area (Å²) in [5.41, 5.74) is -0.612. The number of hydrogen-bond acceptors (Lipinski definition) is 3. The minimum atomic E-state index is -1.25. The molecule has 0 unspecified atom stereocenters. The minimum Gasteiger partial charge on any atom is -0.348 e. The molecular formula is C12H12F2N2O3. The fourth-order valence-corrected chi connectivity index (χ4v) is 1.29. The van der Waals surface area contributed by atoms with Crippen LogP contribution in [0.15, 0.2) is 23.8 Å². The number of rotatable bonds is 4. The van der Waals surface area contributed by atoms with Crippen LogP contribution in [0.2, 0.25) is 0 Å². The first kappa shape index (κ1) is 14.7. The van der Waals surface area contributed by atoms with Gasteiger partial charge in [0.1, 0.15) is 5.82 Å². The van der Waals surface area contributed by atoms with E-state index in [0.29, 0.717) is 12.1 Å². The molecule has 7 heteroatoms. The van der Waals surface area contributed by atoms with Gasteiger partial charge in [-0.3, -0.25) is 14.9 Å². The molecule has 0 spiro atoms. The van der Waals surface area contributed by atoms with E-state index in [0.717, 1.165) is 5.57 Å². The van der Waals surface area contributed by atoms with Crippen LogP contribution < -0.4 is 5.32 Å². The monoisotopic (exact) mass is 270 g/mol. The summed E-state index contributed by atoms with van der Waals surface area (Å²) in [5, 5.41) is 12.7. The molecule has 0 aromatic heterocycles. The van der Waals surface area contributed by atoms with Gasteiger partial charge in [-0.1, -0.05) is 11.6 Å². The summed E-state index contributed by atoms with van der Waals surface area (Å²) >= 11 is 0. The van der Waals surface area contributed by atoms with Gasteiger partial charge in [-0.05, 0) is 19.9 Å². The predicted octanol–water partition coefficient (Wildman–Crippen LogP) is 2.57. The van der Waals surface area contributed by atoms with Crippen LogP contribution in [-0.2, 0) is 0 Å². The third kappa shape index (κ3) is 3.84. The molecule has 0 aliphatic rings. The molecule has 0 radical (unpaired) electrons. The van der Waals surface area contributed by atoms with E-state index in [1.165, 1.54) is 0 Å². The Bertz CT molecular complexity index is 552. The van der Waals surface area contributed by atoms with Gasteiger partial charge in [-0.15, -0.1) is 0 Å². The number of carbonyl (C=O) groups excluding carboxylic acids is 1. The van der Waals surface area contributed by atoms with E-state index in [1.54, 1.807) is 6.08 Å². The number of nitrogens with one attached hydrogen (secondary N) is 1. The maximum Gasteiger partial charge on any atom is 0.307 e. The highest BCUT2D eigenvalue weighted by Crippen LogP contribution is 2.21. The Morgan fingerprint density at radius 1 is 1.37 bits per heavy atom. The van der Waals surface area contributed by atoms with Crippen LogP contribution in [0, 0.1) is 21.7 Å². The lowest BCUT2D eigenvalue weighted by molar-refractivity contribution is -0.387. The van der Waals surface area contributed by atoms with Crippen molar-refractivity contribution in [1.29, 1.82) is 0 Å². The SMILES string of the molecule is CC(C)=CCNC(=O)c1cc(F)c([N+](=O)[O-])cc1F. The van der Waals surface area contributed by atoms with Crippen molar-refractivity contribution in [2.75, 3.05) is 6.54 Å². The van der Waals surface area contributed by atoms with Gasteiger partial charge in [0.2, 0.25) is 5.82 Å². The summed E-state index contributed by atoms with van der Waals surface area (Å²) in [6, 6.07) is 0.913. The molecule has 1 rings (SSSR count). The molecule has 0 aliphatic heterocycles. The molecular weight excluding hydrogens is 258 g/mol. The van der Waals surface area contributed by atoms with E-state index < -0.39 is 33.7 Å². The number of halogens is 2. The number of nitrogens with zero attached hydrogens (tertiary/aromatic N) is 1. The second-order valence-corrected chi connectivity index (χ2v) is 4.03. The summed E-state index contributed by atoms with van der Waals surface area (Å²) in [4.78, 5) is 20.9. The number of nitro benzene ring substituents is 1. The number of benzene rings is 1. The van der Waals surface area contributed by atoms with E-state index in [-0.39, 0.29) is 6.54 Å². The molecule has 0 saturated heterocycles. The smallest absolute Gasteiger partial charge is 0.307 e. The minimum absolute atomic E-state index is 0.166. The fourth-order valence-electron chi connectivity index (χ4n) is 1.29. The van der Waals surface area contributed by atoms with Gasteiger partial charge in [-0.2, -0.15) is 4.39 Å². The first-order valence-electron chi connectivity index (χ1n) is 5.38. The van der Waals surface area contributed by atoms with E-state index in [1.807, 2.05) is 13.8 Å². The fraction of sp³-hybridized carbons (Fsp3) is 0.250. The topological polar surface area (TPSA) is 72.2 Å². The molecule has 1 N–H and O–H groups in total. The molecule has 5 nitrogen and oxygen atoms in total. The Balaban J connectivity index is 2.96. The van der Waals surface area contributed by atoms with Crippen LogP contribution in [0.5, 0.6) is 0 Å². The molecule has 0 aliphatic carbocycles. The Labute approximate surface area is 108 Å². The number of amides is 1. The van der Waals surface area contributed by atoms with Crippen molar-refractivity contribution in [3.05, 3.63) is 51.1 Å². The summed E-state index contributed by atoms with van der Waals surface area (Å²) in [5.74, 6) is -3.22. The Morgan fingerprint density at radius 2 is 2.00 bits per heavy atom. The Hall–Kier alpha value is -2.31. The zero-order chi connectivity index (χ0) is 14.6. The highest BCUT2D eigenvalue weighted by molar-refractivity contribution is 5.94. The zero-order valence-corrected chi connectivity index (χ0v) is 10.4. The number of hydrogen-bond donors (Lipinski definition) is 1. The van der Waals surface area contributed by atoms with Crippen LogP contribution >= 0.6 is 0 Å².